The molecule has 1 fully saturated rings. The first-order chi connectivity index (χ1) is 15.4. The molecule has 2 heterocycles. The molecule has 0 aliphatic carbocycles. The number of likely N-dealkylation sites (tertiary alicyclic amines) is 1. The molecule has 168 valence electrons. The summed E-state index contributed by atoms with van der Waals surface area (Å²) in [4.78, 5) is 28.0. The molecule has 1 N–H and O–H groups in total. The number of carbonyl (C=O) groups excluding carboxylic acids is 1. The largest absolute Gasteiger partial charge is 0.353 e. The second-order valence-electron chi connectivity index (χ2n) is 9.14. The Kier molecular flexibility index (Phi) is 6.70. The first-order valence-corrected chi connectivity index (χ1v) is 11.5. The molecule has 0 bridgehead atoms. The molecule has 4 rings (SSSR count). The summed E-state index contributed by atoms with van der Waals surface area (Å²) >= 11 is 0. The molecular weight excluding hydrogens is 400 g/mol. The van der Waals surface area contributed by atoms with Crippen LogP contribution in [-0.4, -0.2) is 39.7 Å². The third-order valence-corrected chi connectivity index (χ3v) is 6.58. The van der Waals surface area contributed by atoms with Gasteiger partial charge in [-0.1, -0.05) is 62.4 Å². The molecule has 32 heavy (non-hydrogen) atoms. The Labute approximate surface area is 189 Å². The van der Waals surface area contributed by atoms with Crippen LogP contribution in [0.2, 0.25) is 0 Å². The van der Waals surface area contributed by atoms with Gasteiger partial charge in [-0.15, -0.1) is 0 Å². The average molecular weight is 433 g/mol. The van der Waals surface area contributed by atoms with E-state index in [9.17, 15) is 9.59 Å². The fourth-order valence-corrected chi connectivity index (χ4v) is 4.18. The summed E-state index contributed by atoms with van der Waals surface area (Å²) in [6, 6.07) is 17.8. The van der Waals surface area contributed by atoms with Gasteiger partial charge in [-0.3, -0.25) is 14.5 Å². The predicted molar refractivity (Wildman–Crippen MR) is 128 cm³/mol. The van der Waals surface area contributed by atoms with E-state index in [0.717, 1.165) is 42.6 Å². The Balaban J connectivity index is 1.52. The molecule has 1 aliphatic rings. The summed E-state index contributed by atoms with van der Waals surface area (Å²) in [7, 11) is 0. The van der Waals surface area contributed by atoms with E-state index < -0.39 is 0 Å². The molecule has 1 unspecified atom stereocenters. The molecule has 0 radical (unpaired) electrons. The lowest BCUT2D eigenvalue weighted by molar-refractivity contribution is -0.127. The van der Waals surface area contributed by atoms with Gasteiger partial charge >= 0.3 is 0 Å². The fraction of sp³-hybridized carbons (Fsp3) is 0.423. The average Bonchev–Trinajstić information content (AvgIpc) is 2.82. The van der Waals surface area contributed by atoms with E-state index in [1.165, 1.54) is 0 Å². The van der Waals surface area contributed by atoms with Crippen LogP contribution in [0.15, 0.2) is 59.4 Å². The molecule has 1 atom stereocenters. The van der Waals surface area contributed by atoms with Crippen molar-refractivity contribution in [1.29, 1.82) is 0 Å². The van der Waals surface area contributed by atoms with E-state index in [0.29, 0.717) is 18.0 Å². The molecule has 2 aromatic carbocycles. The summed E-state index contributed by atoms with van der Waals surface area (Å²) in [6.07, 6.45) is 1.59. The van der Waals surface area contributed by atoms with Gasteiger partial charge in [0.25, 0.3) is 5.56 Å². The highest BCUT2D eigenvalue weighted by Crippen LogP contribution is 2.25. The Morgan fingerprint density at radius 1 is 1.00 bits per heavy atom. The number of aromatic nitrogens is 2. The Morgan fingerprint density at radius 2 is 1.62 bits per heavy atom. The van der Waals surface area contributed by atoms with Crippen molar-refractivity contribution < 1.29 is 4.79 Å². The Hall–Kier alpha value is -2.99. The molecule has 6 nitrogen and oxygen atoms in total. The number of fused-ring (bicyclic) bond motifs is 1. The minimum atomic E-state index is -0.0779. The summed E-state index contributed by atoms with van der Waals surface area (Å²) in [6.45, 7) is 8.27. The molecule has 0 saturated carbocycles. The van der Waals surface area contributed by atoms with Crippen molar-refractivity contribution in [1.82, 2.24) is 20.0 Å². The van der Waals surface area contributed by atoms with Crippen molar-refractivity contribution >= 4 is 16.7 Å². The van der Waals surface area contributed by atoms with Crippen LogP contribution in [-0.2, 0) is 11.5 Å². The highest BCUT2D eigenvalue weighted by atomic mass is 16.2. The van der Waals surface area contributed by atoms with Gasteiger partial charge in [0.05, 0.1) is 17.7 Å². The van der Waals surface area contributed by atoms with E-state index in [2.05, 4.69) is 31.0 Å². The van der Waals surface area contributed by atoms with Crippen LogP contribution in [0.25, 0.3) is 22.0 Å². The number of hydrogen-bond acceptors (Lipinski definition) is 4. The summed E-state index contributed by atoms with van der Waals surface area (Å²) in [5.74, 6) is 0.607. The number of piperidine rings is 1. The molecule has 6 heteroatoms. The Morgan fingerprint density at radius 3 is 2.28 bits per heavy atom. The van der Waals surface area contributed by atoms with Crippen LogP contribution in [0.1, 0.15) is 33.6 Å². The van der Waals surface area contributed by atoms with Gasteiger partial charge in [0.15, 0.2) is 0 Å². The zero-order valence-corrected chi connectivity index (χ0v) is 19.1. The van der Waals surface area contributed by atoms with Crippen molar-refractivity contribution in [3.8, 4) is 11.3 Å². The monoisotopic (exact) mass is 432 g/mol. The maximum absolute atomic E-state index is 13.2. The van der Waals surface area contributed by atoms with Gasteiger partial charge in [-0.2, -0.15) is 5.10 Å². The first-order valence-electron chi connectivity index (χ1n) is 11.5. The van der Waals surface area contributed by atoms with Crippen molar-refractivity contribution in [2.45, 2.75) is 46.3 Å². The highest BCUT2D eigenvalue weighted by molar-refractivity contribution is 5.93. The number of benzene rings is 2. The van der Waals surface area contributed by atoms with Crippen LogP contribution >= 0.6 is 0 Å². The van der Waals surface area contributed by atoms with Crippen LogP contribution in [0, 0.1) is 11.8 Å². The zero-order chi connectivity index (χ0) is 22.7. The normalized spacial score (nSPS) is 16.4. The molecular formula is C26H32N4O2. The Bertz CT molecular complexity index is 1130. The van der Waals surface area contributed by atoms with Gasteiger partial charge < -0.3 is 5.32 Å². The van der Waals surface area contributed by atoms with Gasteiger partial charge in [-0.05, 0) is 31.7 Å². The van der Waals surface area contributed by atoms with Crippen molar-refractivity contribution in [3.05, 3.63) is 65.0 Å². The van der Waals surface area contributed by atoms with Crippen molar-refractivity contribution in [2.75, 3.05) is 13.1 Å². The second kappa shape index (κ2) is 9.65. The van der Waals surface area contributed by atoms with E-state index >= 15 is 0 Å². The van der Waals surface area contributed by atoms with Crippen molar-refractivity contribution in [2.24, 2.45) is 11.8 Å². The van der Waals surface area contributed by atoms with Gasteiger partial charge in [-0.25, -0.2) is 4.68 Å². The van der Waals surface area contributed by atoms with Gasteiger partial charge in [0.2, 0.25) is 5.91 Å². The maximum atomic E-state index is 13.2. The number of hydrogen-bond donors (Lipinski definition) is 1. The van der Waals surface area contributed by atoms with Crippen LogP contribution in [0.3, 0.4) is 0 Å². The second-order valence-corrected chi connectivity index (χ2v) is 9.14. The highest BCUT2D eigenvalue weighted by Gasteiger charge is 2.27. The lowest BCUT2D eigenvalue weighted by Gasteiger charge is -2.32. The minimum absolute atomic E-state index is 0.0358. The van der Waals surface area contributed by atoms with E-state index in [1.807, 2.05) is 54.6 Å². The maximum Gasteiger partial charge on any atom is 0.275 e. The van der Waals surface area contributed by atoms with Crippen LogP contribution in [0.4, 0.5) is 0 Å². The number of carbonyl (C=O) groups is 1. The SMILES string of the molecule is CC(C)C(C)NC(=O)C1CCN(Cn2nc(-c3ccccc3)c3ccccc3c2=O)CC1. The fourth-order valence-electron chi connectivity index (χ4n) is 4.18. The summed E-state index contributed by atoms with van der Waals surface area (Å²) in [5, 5.41) is 9.45. The topological polar surface area (TPSA) is 67.2 Å². The van der Waals surface area contributed by atoms with Gasteiger partial charge in [0.1, 0.15) is 0 Å². The molecule has 1 saturated heterocycles. The molecule has 3 aromatic rings. The predicted octanol–water partition coefficient (Wildman–Crippen LogP) is 3.89. The molecule has 0 spiro atoms. The van der Waals surface area contributed by atoms with Crippen LogP contribution < -0.4 is 10.9 Å². The number of nitrogens with zero attached hydrogens (tertiary/aromatic N) is 3. The number of nitrogens with one attached hydrogen (secondary N) is 1. The quantitative estimate of drug-likeness (QED) is 0.642. The standard InChI is InChI=1S/C26H32N4O2/c1-18(2)19(3)27-25(31)21-13-15-29(16-14-21)17-30-26(32)23-12-8-7-11-22(23)24(28-30)20-9-5-4-6-10-20/h4-12,18-19,21H,13-17H2,1-3H3,(H,27,31). The third-order valence-electron chi connectivity index (χ3n) is 6.58. The number of amides is 1. The van der Waals surface area contributed by atoms with E-state index in [4.69, 9.17) is 5.10 Å². The lowest BCUT2D eigenvalue weighted by Crippen LogP contribution is -2.45. The molecule has 1 aromatic heterocycles. The number of rotatable bonds is 6. The van der Waals surface area contributed by atoms with Crippen molar-refractivity contribution in [3.63, 3.8) is 0 Å². The summed E-state index contributed by atoms with van der Waals surface area (Å²) < 4.78 is 1.58. The molecule has 1 aliphatic heterocycles. The van der Waals surface area contributed by atoms with Gasteiger partial charge in [0, 0.05) is 36.0 Å². The first kappa shape index (κ1) is 22.2. The van der Waals surface area contributed by atoms with E-state index in [1.54, 1.807) is 4.68 Å². The van der Waals surface area contributed by atoms with Crippen LogP contribution in [0.5, 0.6) is 0 Å². The summed E-state index contributed by atoms with van der Waals surface area (Å²) in [5.41, 5.74) is 1.73. The molecule has 1 amide bonds. The smallest absolute Gasteiger partial charge is 0.275 e. The minimum Gasteiger partial charge on any atom is -0.353 e. The third kappa shape index (κ3) is 4.75. The zero-order valence-electron chi connectivity index (χ0n) is 19.1. The lowest BCUT2D eigenvalue weighted by atomic mass is 9.95. The van der Waals surface area contributed by atoms with E-state index in [-0.39, 0.29) is 23.4 Å².